The summed E-state index contributed by atoms with van der Waals surface area (Å²) in [4.78, 5) is 10.8. The first-order valence-corrected chi connectivity index (χ1v) is 11.2. The van der Waals surface area contributed by atoms with Gasteiger partial charge in [0.25, 0.3) is 0 Å². The molecule has 0 saturated heterocycles. The summed E-state index contributed by atoms with van der Waals surface area (Å²) >= 11 is 0. The van der Waals surface area contributed by atoms with E-state index in [1.807, 2.05) is 0 Å². The molecule has 26 heavy (non-hydrogen) atoms. The normalized spacial score (nSPS) is 48.8. The van der Waals surface area contributed by atoms with E-state index in [9.17, 15) is 9.90 Å². The third kappa shape index (κ3) is 2.74. The molecule has 0 aliphatic heterocycles. The SMILES string of the molecule is CC(CCC=O)C1CCC2C3CC=C4CC(O)CCC4(C)C3CCC12C. The lowest BCUT2D eigenvalue weighted by Gasteiger charge is -2.58. The van der Waals surface area contributed by atoms with Crippen LogP contribution in [-0.4, -0.2) is 17.5 Å². The zero-order valence-electron chi connectivity index (χ0n) is 17.0. The summed E-state index contributed by atoms with van der Waals surface area (Å²) in [5.74, 6) is 4.03. The van der Waals surface area contributed by atoms with E-state index in [4.69, 9.17) is 0 Å². The molecule has 0 aromatic rings. The molecular formula is C24H38O2. The fraction of sp³-hybridized carbons (Fsp3) is 0.875. The summed E-state index contributed by atoms with van der Waals surface area (Å²) in [6.07, 6.45) is 15.2. The fourth-order valence-corrected chi connectivity index (χ4v) is 8.15. The Labute approximate surface area is 159 Å². The van der Waals surface area contributed by atoms with Gasteiger partial charge in [-0.3, -0.25) is 0 Å². The number of hydrogen-bond acceptors (Lipinski definition) is 2. The lowest BCUT2D eigenvalue weighted by molar-refractivity contribution is -0.108. The van der Waals surface area contributed by atoms with Crippen molar-refractivity contribution in [3.8, 4) is 0 Å². The van der Waals surface area contributed by atoms with Crippen LogP contribution in [0.2, 0.25) is 0 Å². The zero-order chi connectivity index (χ0) is 18.5. The van der Waals surface area contributed by atoms with E-state index in [2.05, 4.69) is 26.8 Å². The third-order valence-corrected chi connectivity index (χ3v) is 9.58. The molecule has 0 aromatic heterocycles. The van der Waals surface area contributed by atoms with Gasteiger partial charge in [-0.2, -0.15) is 0 Å². The second-order valence-electron chi connectivity index (χ2n) is 10.6. The molecule has 0 aromatic carbocycles. The maximum Gasteiger partial charge on any atom is 0.120 e. The van der Waals surface area contributed by atoms with Gasteiger partial charge in [0.15, 0.2) is 0 Å². The minimum absolute atomic E-state index is 0.103. The molecule has 0 spiro atoms. The van der Waals surface area contributed by atoms with Crippen LogP contribution in [0.5, 0.6) is 0 Å². The first-order valence-electron chi connectivity index (χ1n) is 11.2. The van der Waals surface area contributed by atoms with Gasteiger partial charge in [-0.25, -0.2) is 0 Å². The molecule has 4 aliphatic carbocycles. The highest BCUT2D eigenvalue weighted by molar-refractivity contribution is 5.49. The molecule has 4 aliphatic rings. The summed E-state index contributed by atoms with van der Waals surface area (Å²) in [7, 11) is 0. The van der Waals surface area contributed by atoms with Gasteiger partial charge >= 0.3 is 0 Å². The summed E-state index contributed by atoms with van der Waals surface area (Å²) in [6, 6.07) is 0. The maximum atomic E-state index is 10.8. The zero-order valence-corrected chi connectivity index (χ0v) is 17.0. The Balaban J connectivity index is 1.57. The number of aliphatic hydroxyl groups is 1. The smallest absolute Gasteiger partial charge is 0.120 e. The predicted molar refractivity (Wildman–Crippen MR) is 106 cm³/mol. The van der Waals surface area contributed by atoms with E-state index in [-0.39, 0.29) is 6.10 Å². The lowest BCUT2D eigenvalue weighted by atomic mass is 9.47. The summed E-state index contributed by atoms with van der Waals surface area (Å²) in [5, 5.41) is 10.2. The van der Waals surface area contributed by atoms with Crippen molar-refractivity contribution in [2.24, 2.45) is 40.4 Å². The molecule has 3 fully saturated rings. The van der Waals surface area contributed by atoms with Crippen molar-refractivity contribution >= 4 is 6.29 Å². The molecule has 2 heteroatoms. The molecule has 146 valence electrons. The first-order chi connectivity index (χ1) is 12.4. The highest BCUT2D eigenvalue weighted by Crippen LogP contribution is 2.67. The number of aliphatic hydroxyl groups excluding tert-OH is 1. The van der Waals surface area contributed by atoms with Gasteiger partial charge in [-0.1, -0.05) is 32.4 Å². The average molecular weight is 359 g/mol. The number of carbonyl (C=O) groups is 1. The van der Waals surface area contributed by atoms with Gasteiger partial charge in [0, 0.05) is 6.42 Å². The highest BCUT2D eigenvalue weighted by atomic mass is 16.3. The Hall–Kier alpha value is -0.630. The molecule has 2 nitrogen and oxygen atoms in total. The van der Waals surface area contributed by atoms with Crippen molar-refractivity contribution in [3.63, 3.8) is 0 Å². The molecule has 8 atom stereocenters. The number of carbonyl (C=O) groups excluding carboxylic acids is 1. The van der Waals surface area contributed by atoms with E-state index in [1.54, 1.807) is 5.57 Å². The van der Waals surface area contributed by atoms with Crippen LogP contribution in [-0.2, 0) is 4.79 Å². The Kier molecular flexibility index (Phi) is 4.87. The van der Waals surface area contributed by atoms with Crippen molar-refractivity contribution in [3.05, 3.63) is 11.6 Å². The number of rotatable bonds is 4. The fourth-order valence-electron chi connectivity index (χ4n) is 8.15. The quantitative estimate of drug-likeness (QED) is 0.529. The Morgan fingerprint density at radius 3 is 2.77 bits per heavy atom. The van der Waals surface area contributed by atoms with Crippen molar-refractivity contribution < 1.29 is 9.90 Å². The molecule has 0 amide bonds. The summed E-state index contributed by atoms with van der Waals surface area (Å²) in [6.45, 7) is 7.51. The number of hydrogen-bond donors (Lipinski definition) is 1. The molecule has 8 unspecified atom stereocenters. The highest BCUT2D eigenvalue weighted by Gasteiger charge is 2.58. The maximum absolute atomic E-state index is 10.8. The van der Waals surface area contributed by atoms with Gasteiger partial charge in [0.05, 0.1) is 6.10 Å². The number of fused-ring (bicyclic) bond motifs is 5. The largest absolute Gasteiger partial charge is 0.393 e. The number of allylic oxidation sites excluding steroid dienone is 1. The first kappa shape index (κ1) is 18.7. The van der Waals surface area contributed by atoms with E-state index < -0.39 is 0 Å². The van der Waals surface area contributed by atoms with Crippen LogP contribution in [0.25, 0.3) is 0 Å². The second-order valence-corrected chi connectivity index (χ2v) is 10.6. The third-order valence-electron chi connectivity index (χ3n) is 9.58. The predicted octanol–water partition coefficient (Wildman–Crippen LogP) is 5.54. The van der Waals surface area contributed by atoms with Gasteiger partial charge < -0.3 is 9.90 Å². The van der Waals surface area contributed by atoms with Crippen molar-refractivity contribution in [2.45, 2.75) is 91.1 Å². The summed E-state index contributed by atoms with van der Waals surface area (Å²) < 4.78 is 0. The van der Waals surface area contributed by atoms with Gasteiger partial charge in [0.1, 0.15) is 6.29 Å². The molecule has 1 N–H and O–H groups in total. The molecule has 0 heterocycles. The van der Waals surface area contributed by atoms with Crippen LogP contribution in [0.3, 0.4) is 0 Å². The molecule has 0 bridgehead atoms. The van der Waals surface area contributed by atoms with Crippen LogP contribution in [0.4, 0.5) is 0 Å². The average Bonchev–Trinajstić information content (AvgIpc) is 2.97. The van der Waals surface area contributed by atoms with E-state index in [1.165, 1.54) is 38.5 Å². The molecule has 0 radical (unpaired) electrons. The number of aldehydes is 1. The van der Waals surface area contributed by atoms with E-state index in [0.29, 0.717) is 16.7 Å². The van der Waals surface area contributed by atoms with Crippen molar-refractivity contribution in [1.82, 2.24) is 0 Å². The molecule has 4 rings (SSSR count). The minimum Gasteiger partial charge on any atom is -0.393 e. The monoisotopic (exact) mass is 358 g/mol. The van der Waals surface area contributed by atoms with Crippen LogP contribution in [0.15, 0.2) is 11.6 Å². The van der Waals surface area contributed by atoms with Crippen molar-refractivity contribution in [1.29, 1.82) is 0 Å². The Morgan fingerprint density at radius 2 is 2.00 bits per heavy atom. The lowest BCUT2D eigenvalue weighted by Crippen LogP contribution is -2.50. The van der Waals surface area contributed by atoms with Gasteiger partial charge in [-0.15, -0.1) is 0 Å². The summed E-state index contributed by atoms with van der Waals surface area (Å²) in [5.41, 5.74) is 2.42. The van der Waals surface area contributed by atoms with Gasteiger partial charge in [0.2, 0.25) is 0 Å². The molecular weight excluding hydrogens is 320 g/mol. The van der Waals surface area contributed by atoms with Gasteiger partial charge in [-0.05, 0) is 98.2 Å². The molecule has 3 saturated carbocycles. The minimum atomic E-state index is -0.103. The van der Waals surface area contributed by atoms with Crippen LogP contribution < -0.4 is 0 Å². The van der Waals surface area contributed by atoms with E-state index >= 15 is 0 Å². The Morgan fingerprint density at radius 1 is 1.19 bits per heavy atom. The second kappa shape index (κ2) is 6.76. The van der Waals surface area contributed by atoms with Crippen LogP contribution >= 0.6 is 0 Å². The Bertz CT molecular complexity index is 581. The standard InChI is InChI=1S/C24H38O2/c1-16(5-4-14-25)20-8-9-21-19-7-6-17-15-18(26)10-12-23(17,2)22(19)11-13-24(20,21)3/h6,14,16,18-22,26H,4-5,7-13,15H2,1-3H3. The van der Waals surface area contributed by atoms with Crippen molar-refractivity contribution in [2.75, 3.05) is 0 Å². The van der Waals surface area contributed by atoms with Crippen LogP contribution in [0, 0.1) is 40.4 Å². The van der Waals surface area contributed by atoms with E-state index in [0.717, 1.165) is 55.6 Å². The van der Waals surface area contributed by atoms with Crippen LogP contribution in [0.1, 0.15) is 85.0 Å². The topological polar surface area (TPSA) is 37.3 Å².